The van der Waals surface area contributed by atoms with E-state index in [9.17, 15) is 4.79 Å². The van der Waals surface area contributed by atoms with Gasteiger partial charge in [0.05, 0.1) is 6.54 Å². The van der Waals surface area contributed by atoms with E-state index in [4.69, 9.17) is 4.74 Å². The molecule has 6 nitrogen and oxygen atoms in total. The molecule has 8 heteroatoms. The van der Waals surface area contributed by atoms with Gasteiger partial charge >= 0.3 is 0 Å². The molecule has 0 spiro atoms. The first-order chi connectivity index (χ1) is 9.16. The molecule has 2 rings (SSSR count). The number of rotatable bonds is 5. The van der Waals surface area contributed by atoms with Crippen LogP contribution in [0, 0.1) is 0 Å². The lowest BCUT2D eigenvalue weighted by atomic mass is 9.91. The summed E-state index contributed by atoms with van der Waals surface area (Å²) in [6.45, 7) is 4.27. The van der Waals surface area contributed by atoms with Crippen LogP contribution in [0.5, 0.6) is 0 Å². The van der Waals surface area contributed by atoms with Gasteiger partial charge in [0.15, 0.2) is 0 Å². The van der Waals surface area contributed by atoms with Gasteiger partial charge in [-0.15, -0.1) is 24.8 Å². The van der Waals surface area contributed by atoms with Crippen molar-refractivity contribution in [2.75, 3.05) is 20.2 Å². The number of methoxy groups -OCH3 is 1. The van der Waals surface area contributed by atoms with Crippen molar-refractivity contribution in [1.82, 2.24) is 20.4 Å². The Morgan fingerprint density at radius 1 is 1.48 bits per heavy atom. The molecule has 0 radical (unpaired) electrons. The number of halogens is 2. The van der Waals surface area contributed by atoms with Crippen LogP contribution in [0.1, 0.15) is 19.8 Å². The van der Waals surface area contributed by atoms with Crippen LogP contribution in [0.2, 0.25) is 0 Å². The zero-order valence-electron chi connectivity index (χ0n) is 12.4. The van der Waals surface area contributed by atoms with Gasteiger partial charge < -0.3 is 15.4 Å². The molecule has 0 aromatic carbocycles. The van der Waals surface area contributed by atoms with Gasteiger partial charge in [-0.3, -0.25) is 9.48 Å². The molecule has 1 fully saturated rings. The van der Waals surface area contributed by atoms with E-state index in [1.165, 1.54) is 0 Å². The Kier molecular flexibility index (Phi) is 8.89. The number of carbonyl (C=O) groups excluding carboxylic acids is 1. The van der Waals surface area contributed by atoms with Crippen LogP contribution in [0.3, 0.4) is 0 Å². The largest absolute Gasteiger partial charge is 0.368 e. The molecular formula is C13H24Cl2N4O2. The molecule has 1 saturated heterocycles. The SMILES string of the molecule is COC1(C(=O)NC(C)Cn2cccn2)CCNCC1.Cl.Cl. The van der Waals surface area contributed by atoms with E-state index in [2.05, 4.69) is 15.7 Å². The van der Waals surface area contributed by atoms with Crippen molar-refractivity contribution in [2.45, 2.75) is 38.0 Å². The molecule has 1 aromatic rings. The molecule has 1 aromatic heterocycles. The first kappa shape index (κ1) is 20.2. The van der Waals surface area contributed by atoms with Crippen molar-refractivity contribution < 1.29 is 9.53 Å². The van der Waals surface area contributed by atoms with Gasteiger partial charge in [-0.2, -0.15) is 5.10 Å². The lowest BCUT2D eigenvalue weighted by Gasteiger charge is -2.35. The number of amides is 1. The molecule has 21 heavy (non-hydrogen) atoms. The molecule has 1 atom stereocenters. The molecule has 2 N–H and O–H groups in total. The van der Waals surface area contributed by atoms with E-state index < -0.39 is 5.60 Å². The summed E-state index contributed by atoms with van der Waals surface area (Å²) in [5.41, 5.74) is -0.677. The van der Waals surface area contributed by atoms with Gasteiger partial charge in [0.1, 0.15) is 5.60 Å². The van der Waals surface area contributed by atoms with Crippen molar-refractivity contribution in [1.29, 1.82) is 0 Å². The molecule has 122 valence electrons. The summed E-state index contributed by atoms with van der Waals surface area (Å²) in [6.07, 6.45) is 5.05. The molecule has 0 bridgehead atoms. The maximum atomic E-state index is 12.4. The molecule has 1 aliphatic rings. The minimum atomic E-state index is -0.677. The van der Waals surface area contributed by atoms with Crippen LogP contribution in [-0.4, -0.2) is 47.5 Å². The normalized spacial score (nSPS) is 18.0. The van der Waals surface area contributed by atoms with Crippen molar-refractivity contribution in [3.8, 4) is 0 Å². The Bertz CT molecular complexity index is 408. The first-order valence-corrected chi connectivity index (χ1v) is 6.70. The predicted octanol–water partition coefficient (Wildman–Crippen LogP) is 1.000. The first-order valence-electron chi connectivity index (χ1n) is 6.70. The standard InChI is InChI=1S/C13H22N4O2.2ClH/c1-11(10-17-9-3-6-15-17)16-12(18)13(19-2)4-7-14-8-5-13;;/h3,6,9,11,14H,4-5,7-8,10H2,1-2H3,(H,16,18);2*1H. The Labute approximate surface area is 137 Å². The fraction of sp³-hybridized carbons (Fsp3) is 0.692. The Morgan fingerprint density at radius 2 is 2.14 bits per heavy atom. The monoisotopic (exact) mass is 338 g/mol. The van der Waals surface area contributed by atoms with Gasteiger partial charge in [0, 0.05) is 25.5 Å². The maximum absolute atomic E-state index is 12.4. The highest BCUT2D eigenvalue weighted by Gasteiger charge is 2.40. The van der Waals surface area contributed by atoms with E-state index in [1.54, 1.807) is 13.3 Å². The number of hydrogen-bond donors (Lipinski definition) is 2. The molecule has 1 unspecified atom stereocenters. The second kappa shape index (κ2) is 9.25. The topological polar surface area (TPSA) is 68.2 Å². The smallest absolute Gasteiger partial charge is 0.252 e. The molecular weight excluding hydrogens is 315 g/mol. The highest BCUT2D eigenvalue weighted by molar-refractivity contribution is 5.86. The zero-order valence-corrected chi connectivity index (χ0v) is 14.0. The average molecular weight is 339 g/mol. The fourth-order valence-corrected chi connectivity index (χ4v) is 2.44. The number of ether oxygens (including phenoxy) is 1. The van der Waals surface area contributed by atoms with Crippen molar-refractivity contribution in [3.05, 3.63) is 18.5 Å². The van der Waals surface area contributed by atoms with Crippen LogP contribution in [0.4, 0.5) is 0 Å². The lowest BCUT2D eigenvalue weighted by molar-refractivity contribution is -0.147. The second-order valence-corrected chi connectivity index (χ2v) is 5.05. The van der Waals surface area contributed by atoms with E-state index in [0.29, 0.717) is 19.4 Å². The highest BCUT2D eigenvalue weighted by atomic mass is 35.5. The third kappa shape index (κ3) is 5.14. The lowest BCUT2D eigenvalue weighted by Crippen LogP contribution is -2.56. The minimum absolute atomic E-state index is 0. The third-order valence-corrected chi connectivity index (χ3v) is 3.61. The summed E-state index contributed by atoms with van der Waals surface area (Å²) in [5, 5.41) is 10.4. The van der Waals surface area contributed by atoms with E-state index in [1.807, 2.05) is 23.9 Å². The quantitative estimate of drug-likeness (QED) is 0.840. The third-order valence-electron chi connectivity index (χ3n) is 3.61. The highest BCUT2D eigenvalue weighted by Crippen LogP contribution is 2.22. The van der Waals surface area contributed by atoms with Gasteiger partial charge in [-0.25, -0.2) is 0 Å². The summed E-state index contributed by atoms with van der Waals surface area (Å²) in [6, 6.07) is 1.90. The second-order valence-electron chi connectivity index (χ2n) is 5.05. The Morgan fingerprint density at radius 3 is 2.67 bits per heavy atom. The maximum Gasteiger partial charge on any atom is 0.252 e. The summed E-state index contributed by atoms with van der Waals surface area (Å²) in [7, 11) is 1.61. The fourth-order valence-electron chi connectivity index (χ4n) is 2.44. The number of aromatic nitrogens is 2. The molecule has 2 heterocycles. The minimum Gasteiger partial charge on any atom is -0.368 e. The van der Waals surface area contributed by atoms with E-state index in [-0.39, 0.29) is 36.8 Å². The molecule has 0 aliphatic carbocycles. The van der Waals surface area contributed by atoms with Crippen LogP contribution in [-0.2, 0) is 16.1 Å². The van der Waals surface area contributed by atoms with Crippen LogP contribution < -0.4 is 10.6 Å². The molecule has 0 saturated carbocycles. The summed E-state index contributed by atoms with van der Waals surface area (Å²) >= 11 is 0. The Balaban J connectivity index is 0.00000200. The summed E-state index contributed by atoms with van der Waals surface area (Å²) in [4.78, 5) is 12.4. The van der Waals surface area contributed by atoms with Gasteiger partial charge in [-0.1, -0.05) is 0 Å². The average Bonchev–Trinajstić information content (AvgIpc) is 2.92. The summed E-state index contributed by atoms with van der Waals surface area (Å²) in [5.74, 6) is -0.0174. The van der Waals surface area contributed by atoms with Gasteiger partial charge in [-0.05, 0) is 38.9 Å². The van der Waals surface area contributed by atoms with Gasteiger partial charge in [0.25, 0.3) is 5.91 Å². The van der Waals surface area contributed by atoms with Crippen LogP contribution in [0.15, 0.2) is 18.5 Å². The van der Waals surface area contributed by atoms with Crippen LogP contribution in [0.25, 0.3) is 0 Å². The van der Waals surface area contributed by atoms with E-state index >= 15 is 0 Å². The zero-order chi connectivity index (χ0) is 13.7. The Hall–Kier alpha value is -0.820. The molecule has 1 amide bonds. The van der Waals surface area contributed by atoms with Crippen LogP contribution >= 0.6 is 24.8 Å². The number of piperidine rings is 1. The van der Waals surface area contributed by atoms with Gasteiger partial charge in [0.2, 0.25) is 0 Å². The van der Waals surface area contributed by atoms with E-state index in [0.717, 1.165) is 13.1 Å². The number of nitrogens with one attached hydrogen (secondary N) is 2. The number of hydrogen-bond acceptors (Lipinski definition) is 4. The summed E-state index contributed by atoms with van der Waals surface area (Å²) < 4.78 is 7.31. The van der Waals surface area contributed by atoms with Crippen molar-refractivity contribution in [2.24, 2.45) is 0 Å². The molecule has 1 aliphatic heterocycles. The van der Waals surface area contributed by atoms with Crippen molar-refractivity contribution >= 4 is 30.7 Å². The predicted molar refractivity (Wildman–Crippen MR) is 86.2 cm³/mol. The number of carbonyl (C=O) groups is 1. The number of nitrogens with zero attached hydrogens (tertiary/aromatic N) is 2. The van der Waals surface area contributed by atoms with Crippen molar-refractivity contribution in [3.63, 3.8) is 0 Å².